The Hall–Kier alpha value is -3.23. The Morgan fingerprint density at radius 3 is 2.31 bits per heavy atom. The van der Waals surface area contributed by atoms with Gasteiger partial charge in [-0.05, 0) is 58.6 Å². The van der Waals surface area contributed by atoms with Gasteiger partial charge in [0.05, 0.1) is 17.6 Å². The van der Waals surface area contributed by atoms with E-state index in [4.69, 9.17) is 15.9 Å². The van der Waals surface area contributed by atoms with E-state index in [1.54, 1.807) is 31.7 Å². The molecule has 0 spiro atoms. The number of aliphatic carboxylic acids is 1. The maximum atomic E-state index is 14.2. The number of benzene rings is 1. The van der Waals surface area contributed by atoms with E-state index >= 15 is 0 Å². The minimum atomic E-state index is -4.40. The molecule has 39 heavy (non-hydrogen) atoms. The van der Waals surface area contributed by atoms with Gasteiger partial charge in [-0.25, -0.2) is 13.4 Å². The Balaban J connectivity index is 1.95. The van der Waals surface area contributed by atoms with Crippen molar-refractivity contribution in [1.82, 2.24) is 19.6 Å². The van der Waals surface area contributed by atoms with Gasteiger partial charge in [-0.3, -0.25) is 19.8 Å². The number of hydrogen-bond acceptors (Lipinski definition) is 7. The number of nitrogens with two attached hydrogens (primary N) is 1. The Bertz CT molecular complexity index is 1200. The molecule has 1 saturated carbocycles. The number of carboxylic acid groups (broad SMARTS) is 1. The predicted octanol–water partition coefficient (Wildman–Crippen LogP) is 0.431. The van der Waals surface area contributed by atoms with E-state index < -0.39 is 57.3 Å². The SMILES string of the molecule is CC(C)(C)N(N(CC(=O)O)C(=O)[C@](C)(C(=O)NC[C@H]1CN(C(=N)N)CCO1)C1CC1)S(=O)(=O)c1ccccc1. The molecular weight excluding hydrogens is 528 g/mol. The molecule has 3 rings (SSSR count). The van der Waals surface area contributed by atoms with E-state index in [1.165, 1.54) is 31.2 Å². The summed E-state index contributed by atoms with van der Waals surface area (Å²) in [6.45, 7) is 6.17. The molecule has 1 aliphatic carbocycles. The molecule has 1 heterocycles. The number of carbonyl (C=O) groups is 3. The van der Waals surface area contributed by atoms with Crippen molar-refractivity contribution in [3.05, 3.63) is 30.3 Å². The molecule has 1 saturated heterocycles. The van der Waals surface area contributed by atoms with Crippen molar-refractivity contribution in [3.8, 4) is 0 Å². The first-order chi connectivity index (χ1) is 18.1. The van der Waals surface area contributed by atoms with Crippen LogP contribution in [0.15, 0.2) is 35.2 Å². The fourth-order valence-corrected chi connectivity index (χ4v) is 6.54. The number of amides is 2. The summed E-state index contributed by atoms with van der Waals surface area (Å²) in [7, 11) is -4.40. The first-order valence-corrected chi connectivity index (χ1v) is 14.2. The second kappa shape index (κ2) is 11.5. The summed E-state index contributed by atoms with van der Waals surface area (Å²) >= 11 is 0. The van der Waals surface area contributed by atoms with Crippen LogP contribution >= 0.6 is 0 Å². The van der Waals surface area contributed by atoms with Crippen molar-refractivity contribution in [2.75, 3.05) is 32.8 Å². The van der Waals surface area contributed by atoms with Gasteiger partial charge in [0.1, 0.15) is 12.0 Å². The van der Waals surface area contributed by atoms with Crippen molar-refractivity contribution in [3.63, 3.8) is 0 Å². The molecule has 1 aliphatic heterocycles. The van der Waals surface area contributed by atoms with Gasteiger partial charge in [-0.2, -0.15) is 0 Å². The summed E-state index contributed by atoms with van der Waals surface area (Å²) in [4.78, 5) is 41.2. The standard InChI is InChI=1S/C25H38N6O7S/c1-24(2,3)31(39(36,37)19-8-6-5-7-9-19)30(16-20(32)33)22(35)25(4,17-10-11-17)21(34)28-14-18-15-29(23(26)27)12-13-38-18/h5-9,17-18H,10-16H2,1-4H3,(H3,26,27)(H,28,34)(H,32,33)/t18-,25-/m0/s1. The smallest absolute Gasteiger partial charge is 0.324 e. The Morgan fingerprint density at radius 2 is 1.79 bits per heavy atom. The van der Waals surface area contributed by atoms with E-state index in [1.807, 2.05) is 0 Å². The Morgan fingerprint density at radius 1 is 1.18 bits per heavy atom. The maximum absolute atomic E-state index is 14.2. The monoisotopic (exact) mass is 566 g/mol. The van der Waals surface area contributed by atoms with Gasteiger partial charge in [0.15, 0.2) is 5.96 Å². The zero-order valence-corrected chi connectivity index (χ0v) is 23.5. The second-order valence-electron chi connectivity index (χ2n) is 11.0. The third kappa shape index (κ3) is 6.68. The topological polar surface area (TPSA) is 186 Å². The first kappa shape index (κ1) is 30.3. The van der Waals surface area contributed by atoms with Crippen molar-refractivity contribution in [2.24, 2.45) is 17.1 Å². The molecule has 2 aliphatic rings. The van der Waals surface area contributed by atoms with Gasteiger partial charge in [-0.1, -0.05) is 18.2 Å². The number of rotatable bonds is 10. The molecule has 0 radical (unpaired) electrons. The highest BCUT2D eigenvalue weighted by Crippen LogP contribution is 2.47. The lowest BCUT2D eigenvalue weighted by Crippen LogP contribution is -2.64. The molecule has 1 aromatic rings. The summed E-state index contributed by atoms with van der Waals surface area (Å²) in [6, 6.07) is 7.41. The first-order valence-electron chi connectivity index (χ1n) is 12.7. The number of hydrogen-bond donors (Lipinski definition) is 4. The average Bonchev–Trinajstić information content (AvgIpc) is 3.71. The summed E-state index contributed by atoms with van der Waals surface area (Å²) in [5.41, 5.74) is 2.58. The van der Waals surface area contributed by atoms with E-state index in [-0.39, 0.29) is 23.9 Å². The van der Waals surface area contributed by atoms with Gasteiger partial charge >= 0.3 is 5.97 Å². The van der Waals surface area contributed by atoms with Crippen molar-refractivity contribution >= 4 is 33.8 Å². The average molecular weight is 567 g/mol. The van der Waals surface area contributed by atoms with Crippen molar-refractivity contribution in [1.29, 1.82) is 5.41 Å². The highest BCUT2D eigenvalue weighted by atomic mass is 32.2. The van der Waals surface area contributed by atoms with Gasteiger partial charge in [-0.15, -0.1) is 4.41 Å². The number of nitrogens with one attached hydrogen (secondary N) is 2. The molecule has 0 unspecified atom stereocenters. The third-order valence-corrected chi connectivity index (χ3v) is 8.93. The zero-order chi connectivity index (χ0) is 29.2. The van der Waals surface area contributed by atoms with Crippen LogP contribution in [0.25, 0.3) is 0 Å². The van der Waals surface area contributed by atoms with E-state index in [0.717, 1.165) is 4.41 Å². The number of nitrogens with zero attached hydrogens (tertiary/aromatic N) is 3. The Labute approximate surface area is 228 Å². The number of ether oxygens (including phenoxy) is 1. The molecule has 5 N–H and O–H groups in total. The molecule has 2 fully saturated rings. The lowest BCUT2D eigenvalue weighted by Gasteiger charge is -2.44. The summed E-state index contributed by atoms with van der Waals surface area (Å²) in [5.74, 6) is -3.52. The number of carbonyl (C=O) groups excluding carboxylic acids is 2. The van der Waals surface area contributed by atoms with Crippen LogP contribution in [0.1, 0.15) is 40.5 Å². The lowest BCUT2D eigenvalue weighted by atomic mass is 9.82. The second-order valence-corrected chi connectivity index (χ2v) is 12.8. The van der Waals surface area contributed by atoms with E-state index in [2.05, 4.69) is 5.32 Å². The number of guanidine groups is 1. The Kier molecular flexibility index (Phi) is 8.92. The summed E-state index contributed by atoms with van der Waals surface area (Å²) < 4.78 is 34.0. The molecule has 13 nitrogen and oxygen atoms in total. The normalized spacial score (nSPS) is 19.7. The minimum absolute atomic E-state index is 0.0302. The van der Waals surface area contributed by atoms with Gasteiger partial charge in [0, 0.05) is 25.2 Å². The number of carboxylic acids is 1. The van der Waals surface area contributed by atoms with Gasteiger partial charge in [0.25, 0.3) is 15.9 Å². The fourth-order valence-electron chi connectivity index (χ4n) is 4.73. The van der Waals surface area contributed by atoms with Crippen LogP contribution in [-0.4, -0.2) is 96.0 Å². The van der Waals surface area contributed by atoms with E-state index in [9.17, 15) is 27.9 Å². The maximum Gasteiger partial charge on any atom is 0.324 e. The van der Waals surface area contributed by atoms with Crippen molar-refractivity contribution in [2.45, 2.75) is 57.1 Å². The molecular formula is C25H38N6O7S. The van der Waals surface area contributed by atoms with Crippen molar-refractivity contribution < 1.29 is 32.6 Å². The largest absolute Gasteiger partial charge is 0.480 e. The van der Waals surface area contributed by atoms with Gasteiger partial charge < -0.3 is 25.8 Å². The summed E-state index contributed by atoms with van der Waals surface area (Å²) in [5, 5.41) is 20.8. The molecule has 216 valence electrons. The highest BCUT2D eigenvalue weighted by Gasteiger charge is 2.57. The number of morpholine rings is 1. The van der Waals surface area contributed by atoms with E-state index in [0.29, 0.717) is 31.0 Å². The molecule has 0 aromatic heterocycles. The summed E-state index contributed by atoms with van der Waals surface area (Å²) in [6.07, 6.45) is 0.621. The van der Waals surface area contributed by atoms with Gasteiger partial charge in [0.2, 0.25) is 5.91 Å². The van der Waals surface area contributed by atoms with Crippen LogP contribution in [-0.2, 0) is 29.1 Å². The quantitative estimate of drug-likeness (QED) is 0.135. The third-order valence-electron chi connectivity index (χ3n) is 6.86. The van der Waals surface area contributed by atoms with Crippen LogP contribution in [0.2, 0.25) is 0 Å². The minimum Gasteiger partial charge on any atom is -0.480 e. The molecule has 0 bridgehead atoms. The van der Waals surface area contributed by atoms with Crippen LogP contribution in [0.3, 0.4) is 0 Å². The van der Waals surface area contributed by atoms with Crippen LogP contribution < -0.4 is 11.1 Å². The number of hydrazine groups is 1. The molecule has 2 atom stereocenters. The lowest BCUT2D eigenvalue weighted by molar-refractivity contribution is -0.169. The number of sulfonamides is 1. The fraction of sp³-hybridized carbons (Fsp3) is 0.600. The van der Waals surface area contributed by atoms with Crippen LogP contribution in [0.4, 0.5) is 0 Å². The van der Waals surface area contributed by atoms with Crippen LogP contribution in [0.5, 0.6) is 0 Å². The van der Waals surface area contributed by atoms with Crippen LogP contribution in [0, 0.1) is 16.7 Å². The molecule has 14 heteroatoms. The predicted molar refractivity (Wildman–Crippen MR) is 142 cm³/mol. The highest BCUT2D eigenvalue weighted by molar-refractivity contribution is 7.89. The zero-order valence-electron chi connectivity index (χ0n) is 22.7. The molecule has 1 aromatic carbocycles. The molecule has 2 amide bonds.